The Kier molecular flexibility index (Phi) is 4.80. The fraction of sp³-hybridized carbons (Fsp3) is 0.438. The third kappa shape index (κ3) is 3.84. The predicted octanol–water partition coefficient (Wildman–Crippen LogP) is 1.90. The van der Waals surface area contributed by atoms with Gasteiger partial charge < -0.3 is 14.9 Å². The molecule has 1 aliphatic rings. The molecule has 0 fully saturated rings. The molecule has 0 aromatic heterocycles. The zero-order valence-corrected chi connectivity index (χ0v) is 12.3. The topological polar surface area (TPSA) is 101 Å². The molecule has 1 heterocycles. The highest BCUT2D eigenvalue weighted by molar-refractivity contribution is 6.02. The molecule has 1 aliphatic heterocycles. The van der Waals surface area contributed by atoms with Gasteiger partial charge in [-0.25, -0.2) is 0 Å². The summed E-state index contributed by atoms with van der Waals surface area (Å²) in [4.78, 5) is 35.9. The van der Waals surface area contributed by atoms with Crippen molar-refractivity contribution in [1.82, 2.24) is 0 Å². The van der Waals surface area contributed by atoms with Crippen LogP contribution in [0.3, 0.4) is 0 Å². The van der Waals surface area contributed by atoms with E-state index in [1.165, 1.54) is 6.07 Å². The van der Waals surface area contributed by atoms with Crippen LogP contribution in [0.2, 0.25) is 0 Å². The highest BCUT2D eigenvalue weighted by atomic mass is 16.5. The van der Waals surface area contributed by atoms with Gasteiger partial charge in [0.25, 0.3) is 0 Å². The normalized spacial score (nSPS) is 20.6. The molecular weight excluding hydrogens is 288 g/mol. The second-order valence-electron chi connectivity index (χ2n) is 5.48. The molecule has 0 radical (unpaired) electrons. The quantitative estimate of drug-likeness (QED) is 0.710. The number of phenolic OH excluding ortho intramolecular Hbond substituents is 2. The van der Waals surface area contributed by atoms with Gasteiger partial charge in [0.05, 0.1) is 18.1 Å². The van der Waals surface area contributed by atoms with Gasteiger partial charge >= 0.3 is 5.97 Å². The van der Waals surface area contributed by atoms with E-state index in [-0.39, 0.29) is 48.3 Å². The van der Waals surface area contributed by atoms with Gasteiger partial charge in [0.1, 0.15) is 17.3 Å². The number of benzene rings is 1. The van der Waals surface area contributed by atoms with Gasteiger partial charge in [-0.1, -0.05) is 0 Å². The van der Waals surface area contributed by atoms with Crippen LogP contribution < -0.4 is 0 Å². The minimum Gasteiger partial charge on any atom is -0.508 e. The number of ether oxygens (including phenoxy) is 1. The Balaban J connectivity index is 2.40. The molecular formula is C16H18O6. The third-order valence-electron chi connectivity index (χ3n) is 3.59. The van der Waals surface area contributed by atoms with Gasteiger partial charge in [0.2, 0.25) is 0 Å². The average Bonchev–Trinajstić information content (AvgIpc) is 2.40. The number of aromatic hydroxyl groups is 2. The smallest absolute Gasteiger partial charge is 0.310 e. The van der Waals surface area contributed by atoms with E-state index in [0.717, 1.165) is 6.07 Å². The molecule has 1 aromatic carbocycles. The first kappa shape index (κ1) is 16.0. The molecule has 0 amide bonds. The SMILES string of the molecule is CC1CCC(=O)CCC(=O)c2c(O)cc(O)cc2CC(=O)O1. The van der Waals surface area contributed by atoms with Gasteiger partial charge in [-0.15, -0.1) is 0 Å². The summed E-state index contributed by atoms with van der Waals surface area (Å²) in [5.74, 6) is -1.73. The molecule has 1 atom stereocenters. The van der Waals surface area contributed by atoms with E-state index in [1.54, 1.807) is 6.92 Å². The molecule has 0 spiro atoms. The van der Waals surface area contributed by atoms with Gasteiger partial charge in [-0.05, 0) is 25.0 Å². The fourth-order valence-corrected chi connectivity index (χ4v) is 2.48. The van der Waals surface area contributed by atoms with E-state index in [0.29, 0.717) is 6.42 Å². The van der Waals surface area contributed by atoms with Crippen molar-refractivity contribution >= 4 is 17.5 Å². The molecule has 1 unspecified atom stereocenters. The largest absolute Gasteiger partial charge is 0.508 e. The second-order valence-corrected chi connectivity index (χ2v) is 5.48. The Morgan fingerprint density at radius 3 is 2.55 bits per heavy atom. The van der Waals surface area contributed by atoms with Crippen LogP contribution in [0.5, 0.6) is 11.5 Å². The van der Waals surface area contributed by atoms with Crippen molar-refractivity contribution in [2.45, 2.75) is 45.1 Å². The van der Waals surface area contributed by atoms with Crippen LogP contribution in [-0.4, -0.2) is 33.9 Å². The van der Waals surface area contributed by atoms with E-state index in [1.807, 2.05) is 0 Å². The van der Waals surface area contributed by atoms with Crippen molar-refractivity contribution in [1.29, 1.82) is 0 Å². The van der Waals surface area contributed by atoms with Crippen LogP contribution >= 0.6 is 0 Å². The summed E-state index contributed by atoms with van der Waals surface area (Å²) >= 11 is 0. The number of phenols is 2. The van der Waals surface area contributed by atoms with Crippen molar-refractivity contribution in [2.75, 3.05) is 0 Å². The highest BCUT2D eigenvalue weighted by Gasteiger charge is 2.23. The number of fused-ring (bicyclic) bond motifs is 1. The van der Waals surface area contributed by atoms with Crippen LogP contribution in [0, 0.1) is 0 Å². The number of rotatable bonds is 0. The van der Waals surface area contributed by atoms with E-state index < -0.39 is 23.6 Å². The molecule has 0 bridgehead atoms. The van der Waals surface area contributed by atoms with Crippen molar-refractivity contribution < 1.29 is 29.3 Å². The van der Waals surface area contributed by atoms with Crippen LogP contribution in [0.15, 0.2) is 12.1 Å². The number of carbonyl (C=O) groups is 3. The maximum absolute atomic E-state index is 12.2. The lowest BCUT2D eigenvalue weighted by Gasteiger charge is -2.16. The van der Waals surface area contributed by atoms with Gasteiger partial charge in [0, 0.05) is 25.3 Å². The summed E-state index contributed by atoms with van der Waals surface area (Å²) in [5, 5.41) is 19.4. The first-order valence-electron chi connectivity index (χ1n) is 7.16. The third-order valence-corrected chi connectivity index (χ3v) is 3.59. The summed E-state index contributed by atoms with van der Waals surface area (Å²) in [6.45, 7) is 1.70. The number of hydrogen-bond acceptors (Lipinski definition) is 6. The fourth-order valence-electron chi connectivity index (χ4n) is 2.48. The molecule has 0 saturated carbocycles. The summed E-state index contributed by atoms with van der Waals surface area (Å²) in [6.07, 6.45) is 0.0854. The summed E-state index contributed by atoms with van der Waals surface area (Å²) in [7, 11) is 0. The number of cyclic esters (lactones) is 1. The molecule has 118 valence electrons. The monoisotopic (exact) mass is 306 g/mol. The van der Waals surface area contributed by atoms with E-state index in [9.17, 15) is 24.6 Å². The van der Waals surface area contributed by atoms with E-state index >= 15 is 0 Å². The average molecular weight is 306 g/mol. The van der Waals surface area contributed by atoms with Crippen LogP contribution in [0.1, 0.15) is 48.5 Å². The Morgan fingerprint density at radius 1 is 1.09 bits per heavy atom. The summed E-state index contributed by atoms with van der Waals surface area (Å²) in [6, 6.07) is 2.30. The van der Waals surface area contributed by atoms with Crippen molar-refractivity contribution in [3.8, 4) is 11.5 Å². The van der Waals surface area contributed by atoms with Crippen molar-refractivity contribution in [2.24, 2.45) is 0 Å². The van der Waals surface area contributed by atoms with Crippen molar-refractivity contribution in [3.63, 3.8) is 0 Å². The maximum Gasteiger partial charge on any atom is 0.310 e. The summed E-state index contributed by atoms with van der Waals surface area (Å²) in [5.41, 5.74) is 0.170. The molecule has 2 N–H and O–H groups in total. The number of ketones is 2. The standard InChI is InChI=1S/C16H18O6/c1-9-2-3-11(17)4-5-13(19)16-10(7-15(21)22-9)6-12(18)8-14(16)20/h6,8-9,18,20H,2-5,7H2,1H3. The number of Topliss-reactive ketones (excluding diaryl/α,β-unsaturated/α-hetero) is 2. The molecule has 2 rings (SSSR count). The molecule has 6 nitrogen and oxygen atoms in total. The lowest BCUT2D eigenvalue weighted by Crippen LogP contribution is -2.20. The Labute approximate surface area is 127 Å². The number of hydrogen-bond donors (Lipinski definition) is 2. The maximum atomic E-state index is 12.2. The van der Waals surface area contributed by atoms with Crippen molar-refractivity contribution in [3.05, 3.63) is 23.3 Å². The Hall–Kier alpha value is -2.37. The first-order chi connectivity index (χ1) is 10.4. The lowest BCUT2D eigenvalue weighted by atomic mass is 9.95. The number of carbonyl (C=O) groups excluding carboxylic acids is 3. The molecule has 0 saturated heterocycles. The Bertz CT molecular complexity index is 619. The zero-order valence-electron chi connectivity index (χ0n) is 12.3. The molecule has 1 aromatic rings. The van der Waals surface area contributed by atoms with Crippen LogP contribution in [0.25, 0.3) is 0 Å². The van der Waals surface area contributed by atoms with Crippen LogP contribution in [0.4, 0.5) is 0 Å². The molecule has 22 heavy (non-hydrogen) atoms. The first-order valence-corrected chi connectivity index (χ1v) is 7.16. The van der Waals surface area contributed by atoms with E-state index in [4.69, 9.17) is 4.74 Å². The number of esters is 1. The molecule has 0 aliphatic carbocycles. The predicted molar refractivity (Wildman–Crippen MR) is 76.8 cm³/mol. The Morgan fingerprint density at radius 2 is 1.82 bits per heavy atom. The molecule has 6 heteroatoms. The van der Waals surface area contributed by atoms with Crippen LogP contribution in [-0.2, 0) is 20.7 Å². The second kappa shape index (κ2) is 6.60. The van der Waals surface area contributed by atoms with Gasteiger partial charge in [-0.2, -0.15) is 0 Å². The zero-order chi connectivity index (χ0) is 16.3. The minimum absolute atomic E-state index is 0.0317. The minimum atomic E-state index is -0.570. The van der Waals surface area contributed by atoms with Gasteiger partial charge in [0.15, 0.2) is 5.78 Å². The van der Waals surface area contributed by atoms with E-state index in [2.05, 4.69) is 0 Å². The lowest BCUT2D eigenvalue weighted by molar-refractivity contribution is -0.148. The summed E-state index contributed by atoms with van der Waals surface area (Å²) < 4.78 is 5.18. The van der Waals surface area contributed by atoms with Gasteiger partial charge in [-0.3, -0.25) is 14.4 Å². The highest BCUT2D eigenvalue weighted by Crippen LogP contribution is 2.30.